The van der Waals surface area contributed by atoms with Gasteiger partial charge in [0, 0.05) is 13.1 Å². The number of hydrogen-bond donors (Lipinski definition) is 2. The molecule has 114 valence electrons. The molecule has 2 amide bonds. The van der Waals surface area contributed by atoms with Crippen LogP contribution < -0.4 is 5.32 Å². The Morgan fingerprint density at radius 2 is 1.80 bits per heavy atom. The molecular formula is C15H26N2O3. The Morgan fingerprint density at radius 3 is 2.40 bits per heavy atom. The van der Waals surface area contributed by atoms with Crippen molar-refractivity contribution in [3.63, 3.8) is 0 Å². The van der Waals surface area contributed by atoms with E-state index in [1.54, 1.807) is 0 Å². The van der Waals surface area contributed by atoms with Gasteiger partial charge in [-0.2, -0.15) is 0 Å². The van der Waals surface area contributed by atoms with Crippen LogP contribution in [0.15, 0.2) is 0 Å². The van der Waals surface area contributed by atoms with E-state index in [-0.39, 0.29) is 11.9 Å². The summed E-state index contributed by atoms with van der Waals surface area (Å²) in [4.78, 5) is 24.9. The molecule has 0 aromatic carbocycles. The molecule has 5 nitrogen and oxygen atoms in total. The molecule has 2 atom stereocenters. The van der Waals surface area contributed by atoms with Gasteiger partial charge in [-0.15, -0.1) is 0 Å². The fourth-order valence-corrected chi connectivity index (χ4v) is 3.42. The first kappa shape index (κ1) is 15.1. The number of urea groups is 1. The van der Waals surface area contributed by atoms with E-state index in [1.165, 1.54) is 30.6 Å². The van der Waals surface area contributed by atoms with Crippen molar-refractivity contribution in [1.82, 2.24) is 10.2 Å². The highest BCUT2D eigenvalue weighted by Gasteiger charge is 2.39. The summed E-state index contributed by atoms with van der Waals surface area (Å²) in [5.41, 5.74) is 0. The zero-order valence-electron chi connectivity index (χ0n) is 12.5. The SMILES string of the molecule is CC1CCC(CNC(=O)N2CCC(C)C2C(=O)O)CC1. The van der Waals surface area contributed by atoms with Crippen molar-refractivity contribution >= 4 is 12.0 Å². The van der Waals surface area contributed by atoms with Gasteiger partial charge in [-0.1, -0.05) is 26.7 Å². The number of carboxylic acids is 1. The van der Waals surface area contributed by atoms with E-state index in [4.69, 9.17) is 0 Å². The highest BCUT2D eigenvalue weighted by atomic mass is 16.4. The number of amides is 2. The molecule has 2 fully saturated rings. The standard InChI is InChI=1S/C15H26N2O3/c1-10-3-5-12(6-4-10)9-16-15(20)17-8-7-11(2)13(17)14(18)19/h10-13H,3-9H2,1-2H3,(H,16,20)(H,18,19). The fourth-order valence-electron chi connectivity index (χ4n) is 3.42. The van der Waals surface area contributed by atoms with E-state index in [2.05, 4.69) is 12.2 Å². The maximum Gasteiger partial charge on any atom is 0.326 e. The van der Waals surface area contributed by atoms with Crippen molar-refractivity contribution in [2.24, 2.45) is 17.8 Å². The molecule has 2 N–H and O–H groups in total. The summed E-state index contributed by atoms with van der Waals surface area (Å²) in [7, 11) is 0. The monoisotopic (exact) mass is 282 g/mol. The second-order valence-electron chi connectivity index (χ2n) is 6.55. The zero-order valence-corrected chi connectivity index (χ0v) is 12.5. The normalized spacial score (nSPS) is 34.0. The summed E-state index contributed by atoms with van der Waals surface area (Å²) in [5.74, 6) is 0.502. The predicted octanol–water partition coefficient (Wildman–Crippen LogP) is 2.32. The minimum atomic E-state index is -0.892. The third-order valence-electron chi connectivity index (χ3n) is 4.89. The van der Waals surface area contributed by atoms with Gasteiger partial charge in [-0.25, -0.2) is 9.59 Å². The predicted molar refractivity (Wildman–Crippen MR) is 76.4 cm³/mol. The first-order valence-electron chi connectivity index (χ1n) is 7.76. The Labute approximate surface area is 120 Å². The van der Waals surface area contributed by atoms with E-state index in [1.807, 2.05) is 6.92 Å². The number of carboxylic acid groups (broad SMARTS) is 1. The van der Waals surface area contributed by atoms with E-state index >= 15 is 0 Å². The Morgan fingerprint density at radius 1 is 1.15 bits per heavy atom. The molecule has 1 heterocycles. The molecule has 1 aliphatic heterocycles. The zero-order chi connectivity index (χ0) is 14.7. The third-order valence-corrected chi connectivity index (χ3v) is 4.89. The largest absolute Gasteiger partial charge is 0.480 e. The first-order chi connectivity index (χ1) is 9.49. The van der Waals surface area contributed by atoms with Gasteiger partial charge in [0.25, 0.3) is 0 Å². The van der Waals surface area contributed by atoms with Gasteiger partial charge in [0.1, 0.15) is 6.04 Å². The Hall–Kier alpha value is -1.26. The van der Waals surface area contributed by atoms with Crippen molar-refractivity contribution < 1.29 is 14.7 Å². The molecule has 0 bridgehead atoms. The third kappa shape index (κ3) is 3.44. The van der Waals surface area contributed by atoms with Gasteiger partial charge in [-0.3, -0.25) is 0 Å². The molecule has 5 heteroatoms. The van der Waals surface area contributed by atoms with Crippen LogP contribution in [-0.4, -0.2) is 41.1 Å². The van der Waals surface area contributed by atoms with Crippen LogP contribution in [0.25, 0.3) is 0 Å². The van der Waals surface area contributed by atoms with Gasteiger partial charge >= 0.3 is 12.0 Å². The minimum absolute atomic E-state index is 0.0359. The number of hydrogen-bond acceptors (Lipinski definition) is 2. The summed E-state index contributed by atoms with van der Waals surface area (Å²) in [6, 6.07) is -0.873. The number of rotatable bonds is 3. The minimum Gasteiger partial charge on any atom is -0.480 e. The summed E-state index contributed by atoms with van der Waals surface area (Å²) in [5, 5.41) is 12.2. The average molecular weight is 282 g/mol. The Balaban J connectivity index is 1.81. The van der Waals surface area contributed by atoms with Crippen molar-refractivity contribution in [2.75, 3.05) is 13.1 Å². The van der Waals surface area contributed by atoms with Gasteiger partial charge in [0.2, 0.25) is 0 Å². The molecule has 1 saturated carbocycles. The van der Waals surface area contributed by atoms with Crippen LogP contribution in [0.2, 0.25) is 0 Å². The maximum absolute atomic E-state index is 12.2. The van der Waals surface area contributed by atoms with Crippen molar-refractivity contribution in [3.8, 4) is 0 Å². The number of carbonyl (C=O) groups excluding carboxylic acids is 1. The summed E-state index contributed by atoms with van der Waals surface area (Å²) in [6.45, 7) is 5.40. The molecule has 2 aliphatic rings. The van der Waals surface area contributed by atoms with Gasteiger partial charge in [-0.05, 0) is 37.0 Å². The van der Waals surface area contributed by atoms with Crippen LogP contribution in [0, 0.1) is 17.8 Å². The topological polar surface area (TPSA) is 69.6 Å². The fraction of sp³-hybridized carbons (Fsp3) is 0.867. The highest BCUT2D eigenvalue weighted by Crippen LogP contribution is 2.28. The summed E-state index contributed by atoms with van der Waals surface area (Å²) < 4.78 is 0. The van der Waals surface area contributed by atoms with E-state index in [0.717, 1.165) is 12.3 Å². The van der Waals surface area contributed by atoms with Crippen LogP contribution in [-0.2, 0) is 4.79 Å². The second-order valence-corrected chi connectivity index (χ2v) is 6.55. The molecule has 20 heavy (non-hydrogen) atoms. The summed E-state index contributed by atoms with van der Waals surface area (Å²) >= 11 is 0. The van der Waals surface area contributed by atoms with Gasteiger partial charge in [0.05, 0.1) is 0 Å². The number of nitrogens with one attached hydrogen (secondary N) is 1. The molecular weight excluding hydrogens is 256 g/mol. The first-order valence-corrected chi connectivity index (χ1v) is 7.76. The smallest absolute Gasteiger partial charge is 0.326 e. The van der Waals surface area contributed by atoms with Crippen molar-refractivity contribution in [1.29, 1.82) is 0 Å². The molecule has 0 aromatic rings. The number of likely N-dealkylation sites (tertiary alicyclic amines) is 1. The van der Waals surface area contributed by atoms with Crippen LogP contribution in [0.5, 0.6) is 0 Å². The highest BCUT2D eigenvalue weighted by molar-refractivity contribution is 5.83. The molecule has 2 rings (SSSR count). The molecule has 2 unspecified atom stereocenters. The Kier molecular flexibility index (Phi) is 4.89. The number of carbonyl (C=O) groups is 2. The van der Waals surface area contributed by atoms with E-state index in [9.17, 15) is 14.7 Å². The van der Waals surface area contributed by atoms with Gasteiger partial charge < -0.3 is 15.3 Å². The van der Waals surface area contributed by atoms with Crippen LogP contribution in [0.3, 0.4) is 0 Å². The lowest BCUT2D eigenvalue weighted by Crippen LogP contribution is -2.48. The Bertz CT molecular complexity index is 364. The lowest BCUT2D eigenvalue weighted by Gasteiger charge is -2.28. The van der Waals surface area contributed by atoms with E-state index < -0.39 is 12.0 Å². The summed E-state index contributed by atoms with van der Waals surface area (Å²) in [6.07, 6.45) is 5.57. The molecule has 1 aliphatic carbocycles. The second kappa shape index (κ2) is 6.46. The molecule has 0 radical (unpaired) electrons. The molecule has 0 spiro atoms. The quantitative estimate of drug-likeness (QED) is 0.834. The maximum atomic E-state index is 12.2. The number of aliphatic carboxylic acids is 1. The van der Waals surface area contributed by atoms with Crippen molar-refractivity contribution in [2.45, 2.75) is 52.0 Å². The lowest BCUT2D eigenvalue weighted by molar-refractivity contribution is -0.142. The van der Waals surface area contributed by atoms with E-state index in [0.29, 0.717) is 19.0 Å². The van der Waals surface area contributed by atoms with Crippen LogP contribution >= 0.6 is 0 Å². The average Bonchev–Trinajstić information content (AvgIpc) is 2.80. The number of nitrogens with zero attached hydrogens (tertiary/aromatic N) is 1. The molecule has 1 saturated heterocycles. The van der Waals surface area contributed by atoms with Gasteiger partial charge in [0.15, 0.2) is 0 Å². The van der Waals surface area contributed by atoms with Crippen LogP contribution in [0.4, 0.5) is 4.79 Å². The van der Waals surface area contributed by atoms with Crippen LogP contribution in [0.1, 0.15) is 46.0 Å². The molecule has 0 aromatic heterocycles. The lowest BCUT2D eigenvalue weighted by atomic mass is 9.83. The van der Waals surface area contributed by atoms with Crippen molar-refractivity contribution in [3.05, 3.63) is 0 Å².